The third kappa shape index (κ3) is 4.94. The number of allylic oxidation sites excluding steroid dienone is 1. The summed E-state index contributed by atoms with van der Waals surface area (Å²) in [4.78, 5) is 24.1. The Bertz CT molecular complexity index is 739. The first-order chi connectivity index (χ1) is 11.0. The Morgan fingerprint density at radius 3 is 2.26 bits per heavy atom. The molecule has 6 heteroatoms. The van der Waals surface area contributed by atoms with Crippen molar-refractivity contribution in [1.29, 1.82) is 0 Å². The van der Waals surface area contributed by atoms with E-state index in [0.717, 1.165) is 4.47 Å². The maximum Gasteiger partial charge on any atom is 0.354 e. The first kappa shape index (κ1) is 17.2. The number of carbonyl (C=O) groups is 2. The van der Waals surface area contributed by atoms with Crippen LogP contribution in [0.25, 0.3) is 0 Å². The highest BCUT2D eigenvalue weighted by Crippen LogP contribution is 2.17. The molecule has 0 radical (unpaired) electrons. The van der Waals surface area contributed by atoms with Crippen molar-refractivity contribution in [3.8, 4) is 0 Å². The van der Waals surface area contributed by atoms with Crippen molar-refractivity contribution in [2.24, 2.45) is 0 Å². The van der Waals surface area contributed by atoms with Crippen LogP contribution in [0.2, 0.25) is 5.02 Å². The highest BCUT2D eigenvalue weighted by Gasteiger charge is 2.13. The minimum Gasteiger partial charge on any atom is -0.464 e. The summed E-state index contributed by atoms with van der Waals surface area (Å²) in [5, 5.41) is 3.42. The van der Waals surface area contributed by atoms with E-state index >= 15 is 0 Å². The van der Waals surface area contributed by atoms with Gasteiger partial charge in [0.1, 0.15) is 5.70 Å². The predicted molar refractivity (Wildman–Crippen MR) is 93.6 cm³/mol. The number of hydrogen-bond acceptors (Lipinski definition) is 4. The Kier molecular flexibility index (Phi) is 5.96. The molecule has 0 saturated heterocycles. The summed E-state index contributed by atoms with van der Waals surface area (Å²) in [6.07, 6.45) is 1.21. The summed E-state index contributed by atoms with van der Waals surface area (Å²) in [7, 11) is 1.26. The van der Waals surface area contributed by atoms with Crippen LogP contribution >= 0.6 is 27.5 Å². The fourth-order valence-corrected chi connectivity index (χ4v) is 2.16. The Balaban J connectivity index is 2.26. The smallest absolute Gasteiger partial charge is 0.354 e. The molecule has 0 aliphatic carbocycles. The second kappa shape index (κ2) is 7.94. The van der Waals surface area contributed by atoms with E-state index in [1.807, 2.05) is 12.1 Å². The van der Waals surface area contributed by atoms with Crippen molar-refractivity contribution in [2.45, 2.75) is 0 Å². The number of rotatable bonds is 5. The molecule has 4 nitrogen and oxygen atoms in total. The Labute approximate surface area is 147 Å². The fourth-order valence-electron chi connectivity index (χ4n) is 1.77. The lowest BCUT2D eigenvalue weighted by atomic mass is 10.1. The van der Waals surface area contributed by atoms with Gasteiger partial charge in [0.25, 0.3) is 0 Å². The monoisotopic (exact) mass is 393 g/mol. The summed E-state index contributed by atoms with van der Waals surface area (Å²) < 4.78 is 5.62. The quantitative estimate of drug-likeness (QED) is 0.462. The molecule has 0 unspecified atom stereocenters. The normalized spacial score (nSPS) is 11.0. The number of methoxy groups -OCH3 is 1. The molecule has 0 bridgehead atoms. The number of benzene rings is 2. The largest absolute Gasteiger partial charge is 0.464 e. The summed E-state index contributed by atoms with van der Waals surface area (Å²) in [5.74, 6) is -0.957. The molecule has 0 aliphatic rings. The minimum atomic E-state index is -0.629. The Morgan fingerprint density at radius 1 is 1.09 bits per heavy atom. The topological polar surface area (TPSA) is 55.4 Å². The molecule has 2 aromatic carbocycles. The number of ketones is 1. The molecule has 0 heterocycles. The zero-order valence-electron chi connectivity index (χ0n) is 12.2. The lowest BCUT2D eigenvalue weighted by Crippen LogP contribution is -2.15. The summed E-state index contributed by atoms with van der Waals surface area (Å²) in [6, 6.07) is 13.6. The molecule has 2 aromatic rings. The van der Waals surface area contributed by atoms with Crippen LogP contribution in [-0.2, 0) is 9.53 Å². The first-order valence-electron chi connectivity index (χ1n) is 6.62. The van der Waals surface area contributed by atoms with E-state index in [1.165, 1.54) is 13.2 Å². The van der Waals surface area contributed by atoms with E-state index < -0.39 is 5.97 Å². The van der Waals surface area contributed by atoms with Gasteiger partial charge in [0.15, 0.2) is 5.78 Å². The molecule has 23 heavy (non-hydrogen) atoms. The van der Waals surface area contributed by atoms with E-state index in [2.05, 4.69) is 21.2 Å². The molecular weight excluding hydrogens is 382 g/mol. The van der Waals surface area contributed by atoms with Gasteiger partial charge in [-0.15, -0.1) is 0 Å². The summed E-state index contributed by atoms with van der Waals surface area (Å²) in [6.45, 7) is 0. The standard InChI is InChI=1S/C17H13BrClNO3/c1-23-17(22)15(20-14-8-4-12(18)5-9-14)10-16(21)11-2-6-13(19)7-3-11/h2-10,20H,1H3. The van der Waals surface area contributed by atoms with Crippen LogP contribution in [0.3, 0.4) is 0 Å². The number of hydrogen-bond donors (Lipinski definition) is 1. The molecule has 0 spiro atoms. The molecule has 0 atom stereocenters. The third-order valence-corrected chi connectivity index (χ3v) is 3.71. The van der Waals surface area contributed by atoms with Gasteiger partial charge in [-0.3, -0.25) is 4.79 Å². The lowest BCUT2D eigenvalue weighted by Gasteiger charge is -2.09. The highest BCUT2D eigenvalue weighted by atomic mass is 79.9. The summed E-state index contributed by atoms with van der Waals surface area (Å²) >= 11 is 9.13. The van der Waals surface area contributed by atoms with Crippen LogP contribution in [0.4, 0.5) is 5.69 Å². The lowest BCUT2D eigenvalue weighted by molar-refractivity contribution is -0.135. The van der Waals surface area contributed by atoms with Crippen molar-refractivity contribution < 1.29 is 14.3 Å². The number of halogens is 2. The molecular formula is C17H13BrClNO3. The maximum absolute atomic E-state index is 12.3. The van der Waals surface area contributed by atoms with Crippen LogP contribution in [0.1, 0.15) is 10.4 Å². The van der Waals surface area contributed by atoms with E-state index in [0.29, 0.717) is 16.3 Å². The number of esters is 1. The van der Waals surface area contributed by atoms with Crippen LogP contribution < -0.4 is 5.32 Å². The minimum absolute atomic E-state index is 0.0507. The Morgan fingerprint density at radius 2 is 1.70 bits per heavy atom. The molecule has 0 amide bonds. The molecule has 1 N–H and O–H groups in total. The van der Waals surface area contributed by atoms with E-state index in [-0.39, 0.29) is 11.5 Å². The average molecular weight is 395 g/mol. The van der Waals surface area contributed by atoms with Crippen LogP contribution in [-0.4, -0.2) is 18.9 Å². The van der Waals surface area contributed by atoms with Gasteiger partial charge in [0.05, 0.1) is 7.11 Å². The van der Waals surface area contributed by atoms with Crippen molar-refractivity contribution in [1.82, 2.24) is 0 Å². The molecule has 0 aliphatic heterocycles. The van der Waals surface area contributed by atoms with Gasteiger partial charge in [-0.25, -0.2) is 4.79 Å². The van der Waals surface area contributed by atoms with Gasteiger partial charge in [0.2, 0.25) is 0 Å². The van der Waals surface area contributed by atoms with Gasteiger partial charge in [-0.1, -0.05) is 27.5 Å². The molecule has 0 saturated carbocycles. The van der Waals surface area contributed by atoms with Gasteiger partial charge >= 0.3 is 5.97 Å². The molecule has 0 aromatic heterocycles. The number of anilines is 1. The van der Waals surface area contributed by atoms with Gasteiger partial charge in [-0.05, 0) is 48.5 Å². The van der Waals surface area contributed by atoms with Crippen molar-refractivity contribution in [3.63, 3.8) is 0 Å². The number of ether oxygens (including phenoxy) is 1. The van der Waals surface area contributed by atoms with Crippen LogP contribution in [0.15, 0.2) is 64.8 Å². The SMILES string of the molecule is COC(=O)C(=CC(=O)c1ccc(Cl)cc1)Nc1ccc(Br)cc1. The zero-order chi connectivity index (χ0) is 16.8. The second-order valence-electron chi connectivity index (χ2n) is 4.55. The summed E-state index contributed by atoms with van der Waals surface area (Å²) in [5.41, 5.74) is 1.14. The average Bonchev–Trinajstić information content (AvgIpc) is 2.56. The van der Waals surface area contributed by atoms with Crippen LogP contribution in [0.5, 0.6) is 0 Å². The molecule has 2 rings (SSSR count). The fraction of sp³-hybridized carbons (Fsp3) is 0.0588. The van der Waals surface area contributed by atoms with Gasteiger partial charge in [-0.2, -0.15) is 0 Å². The van der Waals surface area contributed by atoms with Crippen molar-refractivity contribution >= 4 is 45.0 Å². The zero-order valence-corrected chi connectivity index (χ0v) is 14.5. The van der Waals surface area contributed by atoms with Gasteiger partial charge in [0, 0.05) is 26.8 Å². The Hall–Kier alpha value is -2.11. The predicted octanol–water partition coefficient (Wildman–Crippen LogP) is 4.45. The molecule has 118 valence electrons. The maximum atomic E-state index is 12.3. The third-order valence-electron chi connectivity index (χ3n) is 2.93. The van der Waals surface area contributed by atoms with Crippen molar-refractivity contribution in [3.05, 3.63) is 75.4 Å². The molecule has 0 fully saturated rings. The number of nitrogens with one attached hydrogen (secondary N) is 1. The van der Waals surface area contributed by atoms with Gasteiger partial charge < -0.3 is 10.1 Å². The first-order valence-corrected chi connectivity index (χ1v) is 7.79. The van der Waals surface area contributed by atoms with Crippen LogP contribution in [0, 0.1) is 0 Å². The highest BCUT2D eigenvalue weighted by molar-refractivity contribution is 9.10. The van der Waals surface area contributed by atoms with Crippen molar-refractivity contribution in [2.75, 3.05) is 12.4 Å². The van der Waals surface area contributed by atoms with E-state index in [1.54, 1.807) is 36.4 Å². The number of carbonyl (C=O) groups excluding carboxylic acids is 2. The van der Waals surface area contributed by atoms with E-state index in [4.69, 9.17) is 16.3 Å². The van der Waals surface area contributed by atoms with E-state index in [9.17, 15) is 9.59 Å². The second-order valence-corrected chi connectivity index (χ2v) is 5.90.